The van der Waals surface area contributed by atoms with Crippen molar-refractivity contribution in [3.05, 3.63) is 68.7 Å². The van der Waals surface area contributed by atoms with Gasteiger partial charge in [0.1, 0.15) is 12.2 Å². The van der Waals surface area contributed by atoms with Gasteiger partial charge in [-0.15, -0.1) is 0 Å². The van der Waals surface area contributed by atoms with Crippen molar-refractivity contribution < 1.29 is 29.0 Å². The minimum absolute atomic E-state index is 0.0908. The van der Waals surface area contributed by atoms with Crippen LogP contribution >= 0.6 is 23.2 Å². The number of carbonyl (C=O) groups is 4. The van der Waals surface area contributed by atoms with Crippen LogP contribution in [0.2, 0.25) is 10.0 Å². The normalized spacial score (nSPS) is 15.4. The summed E-state index contributed by atoms with van der Waals surface area (Å²) in [5.41, 5.74) is 0.984. The van der Waals surface area contributed by atoms with Crippen LogP contribution in [0.4, 0.5) is 4.79 Å². The lowest BCUT2D eigenvalue weighted by Crippen LogP contribution is -2.52. The summed E-state index contributed by atoms with van der Waals surface area (Å²) in [4.78, 5) is 47.3. The van der Waals surface area contributed by atoms with E-state index in [2.05, 4.69) is 5.32 Å². The summed E-state index contributed by atoms with van der Waals surface area (Å²) in [5, 5.41) is 11.3. The fourth-order valence-corrected chi connectivity index (χ4v) is 3.23. The number of imide groups is 2. The molecule has 0 bridgehead atoms. The molecule has 10 heteroatoms. The van der Waals surface area contributed by atoms with Crippen molar-refractivity contribution in [1.29, 1.82) is 0 Å². The number of barbiturate groups is 1. The molecule has 2 N–H and O–H groups in total. The van der Waals surface area contributed by atoms with Crippen LogP contribution in [0.25, 0.3) is 6.08 Å². The number of hydrogen-bond acceptors (Lipinski definition) is 5. The van der Waals surface area contributed by atoms with Gasteiger partial charge in [0, 0.05) is 7.05 Å². The van der Waals surface area contributed by atoms with Gasteiger partial charge in [0.2, 0.25) is 0 Å². The Morgan fingerprint density at radius 3 is 2.30 bits per heavy atom. The third-order valence-electron chi connectivity index (χ3n) is 4.22. The van der Waals surface area contributed by atoms with Gasteiger partial charge >= 0.3 is 12.0 Å². The van der Waals surface area contributed by atoms with E-state index in [1.165, 1.54) is 37.4 Å². The van der Waals surface area contributed by atoms with Gasteiger partial charge in [0.25, 0.3) is 11.8 Å². The predicted molar refractivity (Wildman–Crippen MR) is 108 cm³/mol. The van der Waals surface area contributed by atoms with Crippen LogP contribution in [-0.2, 0) is 16.2 Å². The highest BCUT2D eigenvalue weighted by Crippen LogP contribution is 2.35. The van der Waals surface area contributed by atoms with E-state index >= 15 is 0 Å². The Morgan fingerprint density at radius 2 is 1.73 bits per heavy atom. The number of amides is 4. The van der Waals surface area contributed by atoms with Crippen molar-refractivity contribution in [3.63, 3.8) is 0 Å². The fourth-order valence-electron chi connectivity index (χ4n) is 2.61. The van der Waals surface area contributed by atoms with Crippen molar-refractivity contribution in [2.45, 2.75) is 6.61 Å². The van der Waals surface area contributed by atoms with Gasteiger partial charge < -0.3 is 9.84 Å². The molecular formula is C20H14Cl2N2O6. The van der Waals surface area contributed by atoms with E-state index in [9.17, 15) is 19.2 Å². The number of nitrogens with zero attached hydrogens (tertiary/aromatic N) is 1. The predicted octanol–water partition coefficient (Wildman–Crippen LogP) is 3.36. The smallest absolute Gasteiger partial charge is 0.335 e. The highest BCUT2D eigenvalue weighted by molar-refractivity contribution is 6.37. The van der Waals surface area contributed by atoms with Crippen LogP contribution in [0.1, 0.15) is 21.5 Å². The maximum atomic E-state index is 12.2. The lowest BCUT2D eigenvalue weighted by atomic mass is 10.1. The van der Waals surface area contributed by atoms with E-state index < -0.39 is 23.8 Å². The van der Waals surface area contributed by atoms with Crippen molar-refractivity contribution in [2.75, 3.05) is 7.05 Å². The molecule has 1 aliphatic heterocycles. The summed E-state index contributed by atoms with van der Waals surface area (Å²) in [5.74, 6) is -2.41. The Hall–Kier alpha value is -3.36. The molecule has 2 aromatic carbocycles. The van der Waals surface area contributed by atoms with Gasteiger partial charge in [-0.05, 0) is 41.5 Å². The highest BCUT2D eigenvalue weighted by Gasteiger charge is 2.33. The molecule has 0 radical (unpaired) electrons. The minimum atomic E-state index is -1.03. The standard InChI is InChI=1S/C20H14Cl2N2O6/c1-24-18(26)13(17(25)23-20(24)29)6-11-7-14(21)16(15(22)8-11)30-9-10-2-4-12(5-3-10)19(27)28/h2-8H,9H2,1H3,(H,27,28)(H,23,25,29). The monoisotopic (exact) mass is 448 g/mol. The van der Waals surface area contributed by atoms with E-state index in [0.717, 1.165) is 4.90 Å². The molecule has 2 aromatic rings. The maximum Gasteiger partial charge on any atom is 0.335 e. The molecular weight excluding hydrogens is 435 g/mol. The maximum absolute atomic E-state index is 12.2. The average Bonchev–Trinajstić information content (AvgIpc) is 2.69. The molecule has 4 amide bonds. The number of carbonyl (C=O) groups excluding carboxylic acids is 3. The van der Waals surface area contributed by atoms with Crippen LogP contribution in [0.5, 0.6) is 5.75 Å². The van der Waals surface area contributed by atoms with Crippen LogP contribution in [0, 0.1) is 0 Å². The van der Waals surface area contributed by atoms with Gasteiger partial charge in [0.05, 0.1) is 15.6 Å². The molecule has 0 unspecified atom stereocenters. The van der Waals surface area contributed by atoms with Crippen molar-refractivity contribution in [3.8, 4) is 5.75 Å². The summed E-state index contributed by atoms with van der Waals surface area (Å²) in [6, 6.07) is 8.23. The van der Waals surface area contributed by atoms with E-state index in [0.29, 0.717) is 11.1 Å². The van der Waals surface area contributed by atoms with Gasteiger partial charge in [-0.3, -0.25) is 19.8 Å². The number of benzene rings is 2. The Balaban J connectivity index is 1.80. The lowest BCUT2D eigenvalue weighted by Gasteiger charge is -2.22. The number of carboxylic acid groups (broad SMARTS) is 1. The van der Waals surface area contributed by atoms with Crippen molar-refractivity contribution in [1.82, 2.24) is 10.2 Å². The zero-order valence-electron chi connectivity index (χ0n) is 15.4. The summed E-state index contributed by atoms with van der Waals surface area (Å²) in [7, 11) is 1.25. The first-order valence-electron chi connectivity index (χ1n) is 8.46. The van der Waals surface area contributed by atoms with E-state index in [-0.39, 0.29) is 33.5 Å². The van der Waals surface area contributed by atoms with E-state index in [1.54, 1.807) is 12.1 Å². The van der Waals surface area contributed by atoms with Crippen LogP contribution in [0.3, 0.4) is 0 Å². The third-order valence-corrected chi connectivity index (χ3v) is 4.78. The number of urea groups is 1. The number of carboxylic acids is 1. The first-order valence-corrected chi connectivity index (χ1v) is 9.22. The second-order valence-corrected chi connectivity index (χ2v) is 7.10. The Labute approximate surface area is 180 Å². The van der Waals surface area contributed by atoms with Crippen LogP contribution in [0.15, 0.2) is 42.0 Å². The van der Waals surface area contributed by atoms with Crippen molar-refractivity contribution >= 4 is 53.1 Å². The largest absolute Gasteiger partial charge is 0.486 e. The lowest BCUT2D eigenvalue weighted by molar-refractivity contribution is -0.129. The topological polar surface area (TPSA) is 113 Å². The zero-order valence-corrected chi connectivity index (χ0v) is 17.0. The Morgan fingerprint density at radius 1 is 1.13 bits per heavy atom. The number of hydrogen-bond donors (Lipinski definition) is 2. The van der Waals surface area contributed by atoms with Crippen LogP contribution < -0.4 is 10.1 Å². The second-order valence-electron chi connectivity index (χ2n) is 6.29. The number of likely N-dealkylation sites (N-methyl/N-ethyl adjacent to an activating group) is 1. The van der Waals surface area contributed by atoms with Crippen LogP contribution in [-0.4, -0.2) is 40.9 Å². The first kappa shape index (κ1) is 21.4. The molecule has 3 rings (SSSR count). The highest BCUT2D eigenvalue weighted by atomic mass is 35.5. The summed E-state index contributed by atoms with van der Waals surface area (Å²) in [6.45, 7) is 0.0908. The third kappa shape index (κ3) is 4.45. The molecule has 1 heterocycles. The molecule has 0 spiro atoms. The molecule has 8 nitrogen and oxygen atoms in total. The Bertz CT molecular complexity index is 1070. The first-order chi connectivity index (χ1) is 14.2. The molecule has 30 heavy (non-hydrogen) atoms. The molecule has 0 aromatic heterocycles. The number of halogens is 2. The SMILES string of the molecule is CN1C(=O)NC(=O)C(=Cc2cc(Cl)c(OCc3ccc(C(=O)O)cc3)c(Cl)c2)C1=O. The molecule has 1 fully saturated rings. The van der Waals surface area contributed by atoms with Gasteiger partial charge in [-0.25, -0.2) is 9.59 Å². The van der Waals surface area contributed by atoms with Gasteiger partial charge in [0.15, 0.2) is 5.75 Å². The zero-order chi connectivity index (χ0) is 22.0. The summed E-state index contributed by atoms with van der Waals surface area (Å²) >= 11 is 12.5. The molecule has 0 saturated carbocycles. The van der Waals surface area contributed by atoms with E-state index in [4.69, 9.17) is 33.0 Å². The van der Waals surface area contributed by atoms with Gasteiger partial charge in [-0.1, -0.05) is 35.3 Å². The van der Waals surface area contributed by atoms with E-state index in [1.807, 2.05) is 0 Å². The minimum Gasteiger partial charge on any atom is -0.486 e. The quantitative estimate of drug-likeness (QED) is 0.535. The molecule has 0 atom stereocenters. The summed E-state index contributed by atoms with van der Waals surface area (Å²) in [6.07, 6.45) is 1.27. The molecule has 154 valence electrons. The fraction of sp³-hybridized carbons (Fsp3) is 0.100. The molecule has 1 aliphatic rings. The van der Waals surface area contributed by atoms with Gasteiger partial charge in [-0.2, -0.15) is 0 Å². The number of ether oxygens (including phenoxy) is 1. The molecule has 1 saturated heterocycles. The van der Waals surface area contributed by atoms with Crippen molar-refractivity contribution in [2.24, 2.45) is 0 Å². The number of nitrogens with one attached hydrogen (secondary N) is 1. The summed E-state index contributed by atoms with van der Waals surface area (Å²) < 4.78 is 5.64. The number of rotatable bonds is 5. The number of aromatic carboxylic acids is 1. The molecule has 0 aliphatic carbocycles. The second kappa shape index (κ2) is 8.56. The average molecular weight is 449 g/mol. The Kier molecular flexibility index (Phi) is 6.09.